The molecule has 0 aromatic rings. The largest absolute Gasteiger partial charge is 0.381 e. The van der Waals surface area contributed by atoms with Crippen molar-refractivity contribution in [2.75, 3.05) is 13.2 Å². The molecular weight excluding hydrogens is 236 g/mol. The zero-order valence-corrected chi connectivity index (χ0v) is 13.0. The van der Waals surface area contributed by atoms with Gasteiger partial charge in [-0.05, 0) is 19.3 Å². The SMILES string of the molecule is CCCCCCCCCCCCOCCCCC=O. The van der Waals surface area contributed by atoms with Crippen LogP contribution in [-0.2, 0) is 9.53 Å². The van der Waals surface area contributed by atoms with Crippen molar-refractivity contribution in [1.29, 1.82) is 0 Å². The molecule has 0 fully saturated rings. The van der Waals surface area contributed by atoms with Crippen molar-refractivity contribution in [2.24, 2.45) is 0 Å². The Hall–Kier alpha value is -0.370. The number of hydrogen-bond acceptors (Lipinski definition) is 2. The second-order valence-corrected chi connectivity index (χ2v) is 5.46. The lowest BCUT2D eigenvalue weighted by molar-refractivity contribution is -0.108. The van der Waals surface area contributed by atoms with E-state index < -0.39 is 0 Å². The molecule has 0 bridgehead atoms. The fraction of sp³-hybridized carbons (Fsp3) is 0.941. The van der Waals surface area contributed by atoms with E-state index in [4.69, 9.17) is 4.74 Å². The number of unbranched alkanes of at least 4 members (excludes halogenated alkanes) is 11. The lowest BCUT2D eigenvalue weighted by Gasteiger charge is -2.04. The van der Waals surface area contributed by atoms with Crippen LogP contribution >= 0.6 is 0 Å². The summed E-state index contributed by atoms with van der Waals surface area (Å²) in [6, 6.07) is 0. The van der Waals surface area contributed by atoms with E-state index in [-0.39, 0.29) is 0 Å². The third-order valence-corrected chi connectivity index (χ3v) is 3.50. The summed E-state index contributed by atoms with van der Waals surface area (Å²) in [7, 11) is 0. The van der Waals surface area contributed by atoms with Crippen molar-refractivity contribution in [1.82, 2.24) is 0 Å². The Balaban J connectivity index is 2.89. The molecule has 0 atom stereocenters. The van der Waals surface area contributed by atoms with Crippen LogP contribution in [0.2, 0.25) is 0 Å². The van der Waals surface area contributed by atoms with Gasteiger partial charge in [0.05, 0.1) is 0 Å². The molecule has 0 heterocycles. The van der Waals surface area contributed by atoms with Crippen LogP contribution in [0.1, 0.15) is 90.4 Å². The van der Waals surface area contributed by atoms with Crippen LogP contribution in [-0.4, -0.2) is 19.5 Å². The molecule has 0 aliphatic carbocycles. The van der Waals surface area contributed by atoms with Gasteiger partial charge in [-0.2, -0.15) is 0 Å². The molecule has 19 heavy (non-hydrogen) atoms. The molecule has 0 unspecified atom stereocenters. The second-order valence-electron chi connectivity index (χ2n) is 5.46. The summed E-state index contributed by atoms with van der Waals surface area (Å²) in [6.45, 7) is 3.99. The average molecular weight is 270 g/mol. The number of rotatable bonds is 16. The van der Waals surface area contributed by atoms with E-state index in [0.29, 0.717) is 6.42 Å². The maximum atomic E-state index is 10.1. The van der Waals surface area contributed by atoms with Crippen LogP contribution in [0.3, 0.4) is 0 Å². The van der Waals surface area contributed by atoms with Crippen LogP contribution in [0.25, 0.3) is 0 Å². The first-order valence-corrected chi connectivity index (χ1v) is 8.43. The summed E-state index contributed by atoms with van der Waals surface area (Å²) in [5, 5.41) is 0. The van der Waals surface area contributed by atoms with Crippen molar-refractivity contribution in [3.8, 4) is 0 Å². The molecule has 2 heteroatoms. The Kier molecular flexibility index (Phi) is 17.3. The van der Waals surface area contributed by atoms with Gasteiger partial charge in [-0.15, -0.1) is 0 Å². The minimum absolute atomic E-state index is 0.682. The van der Waals surface area contributed by atoms with Gasteiger partial charge in [0.1, 0.15) is 6.29 Å². The van der Waals surface area contributed by atoms with Crippen molar-refractivity contribution in [3.63, 3.8) is 0 Å². The van der Waals surface area contributed by atoms with Gasteiger partial charge < -0.3 is 9.53 Å². The molecule has 0 spiro atoms. The number of hydrogen-bond donors (Lipinski definition) is 0. The molecule has 114 valence electrons. The molecule has 0 aliphatic rings. The Bertz CT molecular complexity index is 169. The molecule has 0 radical (unpaired) electrons. The Morgan fingerprint density at radius 2 is 1.16 bits per heavy atom. The maximum Gasteiger partial charge on any atom is 0.119 e. The van der Waals surface area contributed by atoms with Crippen LogP contribution < -0.4 is 0 Å². The highest BCUT2D eigenvalue weighted by molar-refractivity contribution is 5.48. The minimum atomic E-state index is 0.682. The normalized spacial score (nSPS) is 10.8. The molecule has 0 amide bonds. The van der Waals surface area contributed by atoms with E-state index in [9.17, 15) is 4.79 Å². The fourth-order valence-corrected chi connectivity index (χ4v) is 2.23. The van der Waals surface area contributed by atoms with Crippen LogP contribution in [0.4, 0.5) is 0 Å². The molecule has 2 nitrogen and oxygen atoms in total. The van der Waals surface area contributed by atoms with Gasteiger partial charge in [-0.25, -0.2) is 0 Å². The summed E-state index contributed by atoms with van der Waals surface area (Å²) in [6.07, 6.45) is 17.4. The Morgan fingerprint density at radius 1 is 0.684 bits per heavy atom. The summed E-state index contributed by atoms with van der Waals surface area (Å²) in [4.78, 5) is 10.1. The molecule has 0 saturated heterocycles. The lowest BCUT2D eigenvalue weighted by atomic mass is 10.1. The summed E-state index contributed by atoms with van der Waals surface area (Å²) in [5.41, 5.74) is 0. The summed E-state index contributed by atoms with van der Waals surface area (Å²) < 4.78 is 5.54. The van der Waals surface area contributed by atoms with E-state index >= 15 is 0 Å². The lowest BCUT2D eigenvalue weighted by Crippen LogP contribution is -1.97. The number of ether oxygens (including phenoxy) is 1. The van der Waals surface area contributed by atoms with Gasteiger partial charge >= 0.3 is 0 Å². The number of carbonyl (C=O) groups is 1. The molecule has 0 saturated carbocycles. The van der Waals surface area contributed by atoms with Gasteiger partial charge in [-0.3, -0.25) is 0 Å². The van der Waals surface area contributed by atoms with E-state index in [1.54, 1.807) is 0 Å². The topological polar surface area (TPSA) is 26.3 Å². The molecular formula is C17H34O2. The summed E-state index contributed by atoms with van der Waals surface area (Å²) >= 11 is 0. The summed E-state index contributed by atoms with van der Waals surface area (Å²) in [5.74, 6) is 0. The van der Waals surface area contributed by atoms with Crippen LogP contribution in [0.5, 0.6) is 0 Å². The molecule has 0 aromatic heterocycles. The van der Waals surface area contributed by atoms with Crippen LogP contribution in [0, 0.1) is 0 Å². The van der Waals surface area contributed by atoms with E-state index in [1.807, 2.05) is 0 Å². The first-order chi connectivity index (χ1) is 9.41. The zero-order valence-electron chi connectivity index (χ0n) is 13.0. The minimum Gasteiger partial charge on any atom is -0.381 e. The quantitative estimate of drug-likeness (QED) is 0.281. The highest BCUT2D eigenvalue weighted by atomic mass is 16.5. The number of carbonyl (C=O) groups excluding carboxylic acids is 1. The molecule has 0 aliphatic heterocycles. The van der Waals surface area contributed by atoms with Gasteiger partial charge in [0.15, 0.2) is 0 Å². The predicted molar refractivity (Wildman–Crippen MR) is 82.6 cm³/mol. The third kappa shape index (κ3) is 17.6. The average Bonchev–Trinajstić information content (AvgIpc) is 2.43. The second kappa shape index (κ2) is 17.6. The first-order valence-electron chi connectivity index (χ1n) is 8.43. The smallest absolute Gasteiger partial charge is 0.119 e. The van der Waals surface area contributed by atoms with E-state index in [1.165, 1.54) is 64.2 Å². The van der Waals surface area contributed by atoms with Crippen LogP contribution in [0.15, 0.2) is 0 Å². The molecule has 0 N–H and O–H groups in total. The standard InChI is InChI=1S/C17H34O2/c1-2-3-4-5-6-7-8-9-10-13-16-19-17-14-11-12-15-18/h15H,2-14,16-17H2,1H3. The van der Waals surface area contributed by atoms with E-state index in [0.717, 1.165) is 32.3 Å². The highest BCUT2D eigenvalue weighted by Gasteiger charge is 1.93. The van der Waals surface area contributed by atoms with Gasteiger partial charge in [0.2, 0.25) is 0 Å². The van der Waals surface area contributed by atoms with Crippen molar-refractivity contribution in [3.05, 3.63) is 0 Å². The van der Waals surface area contributed by atoms with Gasteiger partial charge in [0, 0.05) is 19.6 Å². The van der Waals surface area contributed by atoms with Gasteiger partial charge in [-0.1, -0.05) is 64.7 Å². The maximum absolute atomic E-state index is 10.1. The fourth-order valence-electron chi connectivity index (χ4n) is 2.23. The van der Waals surface area contributed by atoms with E-state index in [2.05, 4.69) is 6.92 Å². The number of aldehydes is 1. The monoisotopic (exact) mass is 270 g/mol. The Labute approximate surface area is 120 Å². The van der Waals surface area contributed by atoms with Crippen molar-refractivity contribution >= 4 is 6.29 Å². The van der Waals surface area contributed by atoms with Gasteiger partial charge in [0.25, 0.3) is 0 Å². The van der Waals surface area contributed by atoms with Crippen molar-refractivity contribution in [2.45, 2.75) is 90.4 Å². The third-order valence-electron chi connectivity index (χ3n) is 3.50. The molecule has 0 rings (SSSR count). The predicted octanol–water partition coefficient (Wildman–Crippen LogP) is 5.29. The molecule has 0 aromatic carbocycles. The Morgan fingerprint density at radius 3 is 1.68 bits per heavy atom. The highest BCUT2D eigenvalue weighted by Crippen LogP contribution is 2.10. The first kappa shape index (κ1) is 18.6. The van der Waals surface area contributed by atoms with Crippen molar-refractivity contribution < 1.29 is 9.53 Å². The zero-order chi connectivity index (χ0) is 14.0.